The third kappa shape index (κ3) is 7.91. The third-order valence-corrected chi connectivity index (χ3v) is 6.43. The van der Waals surface area contributed by atoms with Crippen LogP contribution in [0.3, 0.4) is 0 Å². The fourth-order valence-corrected chi connectivity index (χ4v) is 4.37. The van der Waals surface area contributed by atoms with Crippen molar-refractivity contribution in [3.05, 3.63) is 64.1 Å². The molecule has 2 aromatic rings. The van der Waals surface area contributed by atoms with Gasteiger partial charge in [0.25, 0.3) is 0 Å². The summed E-state index contributed by atoms with van der Waals surface area (Å²) in [4.78, 5) is 27.7. The topological polar surface area (TPSA) is 86.8 Å². The van der Waals surface area contributed by atoms with Crippen molar-refractivity contribution in [3.63, 3.8) is 0 Å². The van der Waals surface area contributed by atoms with E-state index in [0.29, 0.717) is 5.02 Å². The Labute approximate surface area is 205 Å². The quantitative estimate of drug-likeness (QED) is 0.575. The van der Waals surface area contributed by atoms with E-state index in [1.807, 2.05) is 20.8 Å². The Morgan fingerprint density at radius 1 is 1.03 bits per heavy atom. The van der Waals surface area contributed by atoms with Crippen LogP contribution in [0.4, 0.5) is 5.69 Å². The predicted octanol–water partition coefficient (Wildman–Crippen LogP) is 4.09. The van der Waals surface area contributed by atoms with Crippen LogP contribution >= 0.6 is 23.2 Å². The molecule has 0 fully saturated rings. The Hall–Kier alpha value is -2.29. The lowest BCUT2D eigenvalue weighted by Crippen LogP contribution is -2.54. The number of sulfonamides is 1. The van der Waals surface area contributed by atoms with Crippen LogP contribution in [-0.4, -0.2) is 49.5 Å². The van der Waals surface area contributed by atoms with Gasteiger partial charge in [-0.3, -0.25) is 13.9 Å². The Kier molecular flexibility index (Phi) is 8.79. The first kappa shape index (κ1) is 27.0. The van der Waals surface area contributed by atoms with Crippen molar-refractivity contribution in [2.75, 3.05) is 17.1 Å². The molecule has 1 atom stereocenters. The lowest BCUT2D eigenvalue weighted by molar-refractivity contribution is -0.140. The van der Waals surface area contributed by atoms with Crippen LogP contribution in [0.15, 0.2) is 48.5 Å². The first-order valence-corrected chi connectivity index (χ1v) is 12.9. The van der Waals surface area contributed by atoms with E-state index in [4.69, 9.17) is 23.2 Å². The Morgan fingerprint density at radius 3 is 2.12 bits per heavy atom. The zero-order valence-corrected chi connectivity index (χ0v) is 21.6. The van der Waals surface area contributed by atoms with Crippen LogP contribution in [0.25, 0.3) is 0 Å². The van der Waals surface area contributed by atoms with Crippen LogP contribution < -0.4 is 9.62 Å². The van der Waals surface area contributed by atoms with Crippen molar-refractivity contribution in [2.45, 2.75) is 45.8 Å². The molecular weight excluding hydrogens is 485 g/mol. The smallest absolute Gasteiger partial charge is 0.244 e. The zero-order chi connectivity index (χ0) is 25.0. The molecule has 7 nitrogen and oxygen atoms in total. The van der Waals surface area contributed by atoms with Gasteiger partial charge in [0.1, 0.15) is 12.6 Å². The zero-order valence-electron chi connectivity index (χ0n) is 19.3. The predicted molar refractivity (Wildman–Crippen MR) is 133 cm³/mol. The summed E-state index contributed by atoms with van der Waals surface area (Å²) in [5.74, 6) is -0.902. The van der Waals surface area contributed by atoms with E-state index >= 15 is 0 Å². The van der Waals surface area contributed by atoms with Crippen LogP contribution in [-0.2, 0) is 26.2 Å². The highest BCUT2D eigenvalue weighted by atomic mass is 35.5. The van der Waals surface area contributed by atoms with Gasteiger partial charge in [-0.25, -0.2) is 8.42 Å². The summed E-state index contributed by atoms with van der Waals surface area (Å²) in [5, 5.41) is 3.60. The van der Waals surface area contributed by atoms with Gasteiger partial charge >= 0.3 is 0 Å². The van der Waals surface area contributed by atoms with Gasteiger partial charge in [-0.1, -0.05) is 47.5 Å². The Morgan fingerprint density at radius 2 is 1.61 bits per heavy atom. The molecule has 2 aromatic carbocycles. The Balaban J connectivity index is 2.41. The number of hydrogen-bond acceptors (Lipinski definition) is 4. The number of anilines is 1. The lowest BCUT2D eigenvalue weighted by atomic mass is 10.1. The molecule has 0 unspecified atom stereocenters. The SMILES string of the molecule is C[C@@H](C(=O)NC(C)(C)C)N(Cc1ccc(Cl)cc1)C(=O)CN(c1ccccc1Cl)S(C)(=O)=O. The monoisotopic (exact) mass is 513 g/mol. The van der Waals surface area contributed by atoms with Gasteiger partial charge in [0.05, 0.1) is 17.0 Å². The number of nitrogens with one attached hydrogen (secondary N) is 1. The average Bonchev–Trinajstić information content (AvgIpc) is 2.69. The van der Waals surface area contributed by atoms with E-state index < -0.39 is 34.1 Å². The number of carbonyl (C=O) groups is 2. The molecule has 0 radical (unpaired) electrons. The average molecular weight is 514 g/mol. The van der Waals surface area contributed by atoms with Crippen LogP contribution in [0.2, 0.25) is 10.0 Å². The van der Waals surface area contributed by atoms with Gasteiger partial charge in [0, 0.05) is 17.1 Å². The van der Waals surface area contributed by atoms with Crippen molar-refractivity contribution in [1.82, 2.24) is 10.2 Å². The summed E-state index contributed by atoms with van der Waals surface area (Å²) in [6.45, 7) is 6.70. The highest BCUT2D eigenvalue weighted by molar-refractivity contribution is 7.92. The van der Waals surface area contributed by atoms with E-state index in [-0.39, 0.29) is 23.2 Å². The Bertz CT molecular complexity index is 1100. The molecule has 1 N–H and O–H groups in total. The molecule has 2 rings (SSSR count). The number of para-hydroxylation sites is 1. The van der Waals surface area contributed by atoms with E-state index in [1.54, 1.807) is 49.4 Å². The fourth-order valence-electron chi connectivity index (χ4n) is 3.09. The third-order valence-electron chi connectivity index (χ3n) is 4.73. The van der Waals surface area contributed by atoms with Crippen molar-refractivity contribution in [2.24, 2.45) is 0 Å². The summed E-state index contributed by atoms with van der Waals surface area (Å²) in [6.07, 6.45) is 1.00. The molecule has 0 aliphatic carbocycles. The summed E-state index contributed by atoms with van der Waals surface area (Å²) >= 11 is 12.2. The van der Waals surface area contributed by atoms with Gasteiger partial charge in [-0.2, -0.15) is 0 Å². The van der Waals surface area contributed by atoms with Crippen molar-refractivity contribution >= 4 is 50.7 Å². The summed E-state index contributed by atoms with van der Waals surface area (Å²) < 4.78 is 26.0. The van der Waals surface area contributed by atoms with E-state index in [0.717, 1.165) is 16.1 Å². The highest BCUT2D eigenvalue weighted by Gasteiger charge is 2.31. The van der Waals surface area contributed by atoms with Gasteiger partial charge in [0.15, 0.2) is 0 Å². The van der Waals surface area contributed by atoms with Gasteiger partial charge in [-0.05, 0) is 57.5 Å². The first-order valence-electron chi connectivity index (χ1n) is 10.3. The van der Waals surface area contributed by atoms with Crippen LogP contribution in [0.5, 0.6) is 0 Å². The maximum absolute atomic E-state index is 13.4. The molecule has 0 spiro atoms. The molecule has 33 heavy (non-hydrogen) atoms. The van der Waals surface area contributed by atoms with E-state index in [1.165, 1.54) is 11.0 Å². The van der Waals surface area contributed by atoms with Gasteiger partial charge in [0.2, 0.25) is 21.8 Å². The number of benzene rings is 2. The van der Waals surface area contributed by atoms with Crippen molar-refractivity contribution in [3.8, 4) is 0 Å². The number of carbonyl (C=O) groups excluding carboxylic acids is 2. The summed E-state index contributed by atoms with van der Waals surface area (Å²) in [7, 11) is -3.84. The summed E-state index contributed by atoms with van der Waals surface area (Å²) in [6, 6.07) is 12.4. The second kappa shape index (κ2) is 10.8. The molecular formula is C23H29Cl2N3O4S. The second-order valence-corrected chi connectivity index (χ2v) is 11.5. The minimum absolute atomic E-state index is 0.0921. The van der Waals surface area contributed by atoms with Crippen LogP contribution in [0.1, 0.15) is 33.3 Å². The fraction of sp³-hybridized carbons (Fsp3) is 0.391. The highest BCUT2D eigenvalue weighted by Crippen LogP contribution is 2.27. The van der Waals surface area contributed by atoms with Crippen molar-refractivity contribution in [1.29, 1.82) is 0 Å². The van der Waals surface area contributed by atoms with E-state index in [2.05, 4.69) is 5.32 Å². The van der Waals surface area contributed by atoms with Gasteiger partial charge in [-0.15, -0.1) is 0 Å². The molecule has 0 heterocycles. The number of rotatable bonds is 8. The number of halogens is 2. The number of hydrogen-bond donors (Lipinski definition) is 1. The molecule has 0 bridgehead atoms. The second-order valence-electron chi connectivity index (χ2n) is 8.78. The standard InChI is InChI=1S/C23H29Cl2N3O4S/c1-16(22(30)26-23(2,3)4)27(14-17-10-12-18(24)13-11-17)21(29)15-28(33(5,31)32)20-9-7-6-8-19(20)25/h6-13,16H,14-15H2,1-5H3,(H,26,30)/t16-/m0/s1. The molecule has 180 valence electrons. The normalized spacial score (nSPS) is 12.7. The number of amides is 2. The number of nitrogens with zero attached hydrogens (tertiary/aromatic N) is 2. The molecule has 0 saturated heterocycles. The molecule has 0 aliphatic rings. The van der Waals surface area contributed by atoms with E-state index in [9.17, 15) is 18.0 Å². The lowest BCUT2D eigenvalue weighted by Gasteiger charge is -2.33. The maximum Gasteiger partial charge on any atom is 0.244 e. The summed E-state index contributed by atoms with van der Waals surface area (Å²) in [5.41, 5.74) is 0.427. The largest absolute Gasteiger partial charge is 0.350 e. The minimum Gasteiger partial charge on any atom is -0.350 e. The van der Waals surface area contributed by atoms with Crippen LogP contribution in [0, 0.1) is 0 Å². The molecule has 0 saturated carbocycles. The molecule has 2 amide bonds. The molecule has 0 aromatic heterocycles. The van der Waals surface area contributed by atoms with Crippen molar-refractivity contribution < 1.29 is 18.0 Å². The maximum atomic E-state index is 13.4. The molecule has 10 heteroatoms. The minimum atomic E-state index is -3.84. The molecule has 0 aliphatic heterocycles. The first-order chi connectivity index (χ1) is 15.2. The van der Waals surface area contributed by atoms with Gasteiger partial charge < -0.3 is 10.2 Å².